The maximum Gasteiger partial charge on any atom is 0.501 e. The van der Waals surface area contributed by atoms with Crippen LogP contribution in [0.15, 0.2) is 53.4 Å². The summed E-state index contributed by atoms with van der Waals surface area (Å²) < 4.78 is 62.0. The second-order valence-electron chi connectivity index (χ2n) is 7.06. The van der Waals surface area contributed by atoms with Crippen molar-refractivity contribution >= 4 is 37.3 Å². The molecule has 1 aliphatic heterocycles. The lowest BCUT2D eigenvalue weighted by atomic mass is 9.97. The van der Waals surface area contributed by atoms with E-state index in [1.807, 2.05) is 24.3 Å². The number of amides is 1. The highest BCUT2D eigenvalue weighted by molar-refractivity contribution is 7.92. The molecule has 0 spiro atoms. The largest absolute Gasteiger partial charge is 0.501 e. The van der Waals surface area contributed by atoms with E-state index in [4.69, 9.17) is 0 Å². The molecule has 0 saturated carbocycles. The number of fused-ring (bicyclic) bond motifs is 1. The Kier molecular flexibility index (Phi) is 5.31. The summed E-state index contributed by atoms with van der Waals surface area (Å²) in [6.45, 7) is 1.00. The van der Waals surface area contributed by atoms with E-state index >= 15 is 0 Å². The van der Waals surface area contributed by atoms with Crippen molar-refractivity contribution in [1.29, 1.82) is 0 Å². The zero-order valence-corrected chi connectivity index (χ0v) is 17.2. The Morgan fingerprint density at radius 2 is 1.67 bits per heavy atom. The molecule has 0 unspecified atom stereocenters. The Labute approximate surface area is 175 Å². The first-order valence-corrected chi connectivity index (χ1v) is 11.5. The summed E-state index contributed by atoms with van der Waals surface area (Å²) in [5.74, 6) is -0.0699. The molecule has 2 heterocycles. The minimum absolute atomic E-state index is 0.162. The van der Waals surface area contributed by atoms with Crippen LogP contribution in [0.25, 0.3) is 10.2 Å². The number of para-hydroxylation sites is 1. The van der Waals surface area contributed by atoms with Gasteiger partial charge in [0.25, 0.3) is 15.7 Å². The van der Waals surface area contributed by atoms with Crippen LogP contribution < -0.4 is 0 Å². The van der Waals surface area contributed by atoms with Crippen LogP contribution in [0.5, 0.6) is 0 Å². The van der Waals surface area contributed by atoms with Crippen molar-refractivity contribution in [2.75, 3.05) is 13.1 Å². The monoisotopic (exact) mass is 454 g/mol. The number of carbonyl (C=O) groups is 1. The number of carbonyl (C=O) groups excluding carboxylic acids is 1. The van der Waals surface area contributed by atoms with Crippen molar-refractivity contribution in [3.8, 4) is 0 Å². The van der Waals surface area contributed by atoms with Crippen LogP contribution in [-0.4, -0.2) is 42.8 Å². The maximum atomic E-state index is 12.7. The molecule has 1 fully saturated rings. The number of hydrogen-bond acceptors (Lipinski definition) is 5. The average Bonchev–Trinajstić information content (AvgIpc) is 3.17. The fourth-order valence-corrected chi connectivity index (χ4v) is 5.39. The highest BCUT2D eigenvalue weighted by Crippen LogP contribution is 2.34. The molecule has 5 nitrogen and oxygen atoms in total. The maximum absolute atomic E-state index is 12.7. The number of nitrogens with zero attached hydrogens (tertiary/aromatic N) is 2. The Hall–Kier alpha value is -2.46. The SMILES string of the molecule is O=C(c1ccc(S(=O)(=O)C(F)(F)F)cc1)N1CCC(c2nc3ccccc3s2)CC1. The van der Waals surface area contributed by atoms with Gasteiger partial charge < -0.3 is 4.90 Å². The van der Waals surface area contributed by atoms with E-state index in [1.165, 1.54) is 0 Å². The molecule has 0 atom stereocenters. The number of rotatable bonds is 3. The van der Waals surface area contributed by atoms with E-state index < -0.39 is 20.2 Å². The summed E-state index contributed by atoms with van der Waals surface area (Å²) in [5.41, 5.74) is -4.25. The smallest absolute Gasteiger partial charge is 0.339 e. The summed E-state index contributed by atoms with van der Waals surface area (Å²) in [4.78, 5) is 18.1. The minimum Gasteiger partial charge on any atom is -0.339 e. The molecule has 30 heavy (non-hydrogen) atoms. The molecule has 10 heteroatoms. The van der Waals surface area contributed by atoms with E-state index in [0.717, 1.165) is 52.3 Å². The molecular weight excluding hydrogens is 437 g/mol. The number of aromatic nitrogens is 1. The molecular formula is C20H17F3N2O3S2. The lowest BCUT2D eigenvalue weighted by Gasteiger charge is -2.31. The molecule has 1 saturated heterocycles. The number of alkyl halides is 3. The van der Waals surface area contributed by atoms with E-state index in [2.05, 4.69) is 4.98 Å². The molecule has 0 bridgehead atoms. The Bertz CT molecular complexity index is 1150. The fraction of sp³-hybridized carbons (Fsp3) is 0.300. The van der Waals surface area contributed by atoms with Gasteiger partial charge >= 0.3 is 5.51 Å². The van der Waals surface area contributed by atoms with Crippen molar-refractivity contribution in [2.45, 2.75) is 29.2 Å². The molecule has 1 aliphatic rings. The molecule has 0 N–H and O–H groups in total. The molecule has 1 amide bonds. The zero-order chi connectivity index (χ0) is 21.5. The first-order valence-electron chi connectivity index (χ1n) is 9.23. The van der Waals surface area contributed by atoms with Gasteiger partial charge in [0, 0.05) is 24.6 Å². The van der Waals surface area contributed by atoms with Crippen molar-refractivity contribution in [1.82, 2.24) is 9.88 Å². The summed E-state index contributed by atoms with van der Waals surface area (Å²) in [5, 5.41) is 1.05. The number of piperidine rings is 1. The van der Waals surface area contributed by atoms with Crippen molar-refractivity contribution < 1.29 is 26.4 Å². The Morgan fingerprint density at radius 1 is 1.03 bits per heavy atom. The zero-order valence-electron chi connectivity index (χ0n) is 15.6. The second-order valence-corrected chi connectivity index (χ2v) is 10.1. The molecule has 4 rings (SSSR count). The van der Waals surface area contributed by atoms with Gasteiger partial charge in [0.15, 0.2) is 0 Å². The van der Waals surface area contributed by atoms with Crippen molar-refractivity contribution in [3.05, 3.63) is 59.1 Å². The number of benzene rings is 2. The first-order chi connectivity index (χ1) is 14.2. The number of hydrogen-bond donors (Lipinski definition) is 0. The quantitative estimate of drug-likeness (QED) is 0.580. The van der Waals surface area contributed by atoms with Gasteiger partial charge in [0.1, 0.15) is 0 Å². The number of likely N-dealkylation sites (tertiary alicyclic amines) is 1. The molecule has 3 aromatic rings. The molecule has 0 radical (unpaired) electrons. The van der Waals surface area contributed by atoms with Crippen LogP contribution >= 0.6 is 11.3 Å². The van der Waals surface area contributed by atoms with E-state index in [9.17, 15) is 26.4 Å². The molecule has 2 aromatic carbocycles. The molecule has 158 valence electrons. The standard InChI is InChI=1S/C20H17F3N2O3S2/c21-20(22,23)30(27,28)15-7-5-14(6-8-15)19(26)25-11-9-13(10-12-25)18-24-16-3-1-2-4-17(16)29-18/h1-8,13H,9-12H2. The highest BCUT2D eigenvalue weighted by Gasteiger charge is 2.46. The van der Waals surface area contributed by atoms with Crippen LogP contribution in [0.3, 0.4) is 0 Å². The van der Waals surface area contributed by atoms with Gasteiger partial charge in [-0.25, -0.2) is 13.4 Å². The Balaban J connectivity index is 1.43. The van der Waals surface area contributed by atoms with Crippen LogP contribution in [-0.2, 0) is 9.84 Å². The van der Waals surface area contributed by atoms with Gasteiger partial charge in [-0.15, -0.1) is 11.3 Å². The molecule has 0 aliphatic carbocycles. The minimum atomic E-state index is -5.42. The van der Waals surface area contributed by atoms with E-state index in [-0.39, 0.29) is 17.4 Å². The van der Waals surface area contributed by atoms with Crippen molar-refractivity contribution in [3.63, 3.8) is 0 Å². The predicted molar refractivity (Wildman–Crippen MR) is 107 cm³/mol. The number of sulfone groups is 1. The van der Waals surface area contributed by atoms with Gasteiger partial charge in [-0.2, -0.15) is 13.2 Å². The van der Waals surface area contributed by atoms with Crippen LogP contribution in [0.2, 0.25) is 0 Å². The third kappa shape index (κ3) is 3.81. The van der Waals surface area contributed by atoms with Crippen LogP contribution in [0, 0.1) is 0 Å². The van der Waals surface area contributed by atoms with Crippen LogP contribution in [0.4, 0.5) is 13.2 Å². The fourth-order valence-electron chi connectivity index (χ4n) is 3.49. The summed E-state index contributed by atoms with van der Waals surface area (Å²) in [6.07, 6.45) is 1.48. The van der Waals surface area contributed by atoms with Crippen molar-refractivity contribution in [2.24, 2.45) is 0 Å². The van der Waals surface area contributed by atoms with E-state index in [1.54, 1.807) is 16.2 Å². The lowest BCUT2D eigenvalue weighted by Crippen LogP contribution is -2.37. The van der Waals surface area contributed by atoms with Crippen LogP contribution in [0.1, 0.15) is 34.1 Å². The number of thiazole rings is 1. The van der Waals surface area contributed by atoms with Gasteiger partial charge in [-0.1, -0.05) is 12.1 Å². The number of halogens is 3. The molecule has 1 aromatic heterocycles. The third-order valence-electron chi connectivity index (χ3n) is 5.16. The Morgan fingerprint density at radius 3 is 2.27 bits per heavy atom. The van der Waals surface area contributed by atoms with Gasteiger partial charge in [0.2, 0.25) is 0 Å². The van der Waals surface area contributed by atoms with Gasteiger partial charge in [-0.3, -0.25) is 4.79 Å². The summed E-state index contributed by atoms with van der Waals surface area (Å²) in [7, 11) is -5.42. The lowest BCUT2D eigenvalue weighted by molar-refractivity contribution is -0.0436. The first kappa shape index (κ1) is 20.8. The third-order valence-corrected chi connectivity index (χ3v) is 7.86. The summed E-state index contributed by atoms with van der Waals surface area (Å²) >= 11 is 1.65. The van der Waals surface area contributed by atoms with E-state index in [0.29, 0.717) is 13.1 Å². The van der Waals surface area contributed by atoms with Gasteiger partial charge in [0.05, 0.1) is 20.1 Å². The normalized spacial score (nSPS) is 16.2. The predicted octanol–water partition coefficient (Wildman–Crippen LogP) is 4.61. The average molecular weight is 454 g/mol. The highest BCUT2D eigenvalue weighted by atomic mass is 32.2. The van der Waals surface area contributed by atoms with Gasteiger partial charge in [-0.05, 0) is 49.2 Å². The topological polar surface area (TPSA) is 67.3 Å². The summed E-state index contributed by atoms with van der Waals surface area (Å²) in [6, 6.07) is 11.8. The second kappa shape index (κ2) is 7.66.